The van der Waals surface area contributed by atoms with Crippen molar-refractivity contribution in [3.8, 4) is 0 Å². The normalized spacial score (nSPS) is 10.6. The van der Waals surface area contributed by atoms with Gasteiger partial charge in [0.15, 0.2) is 0 Å². The Labute approximate surface area is 114 Å². The summed E-state index contributed by atoms with van der Waals surface area (Å²) in [5.41, 5.74) is 0. The van der Waals surface area contributed by atoms with Gasteiger partial charge in [0.25, 0.3) is 0 Å². The van der Waals surface area contributed by atoms with Gasteiger partial charge in [-0.2, -0.15) is 0 Å². The highest BCUT2D eigenvalue weighted by Gasteiger charge is 2.14. The van der Waals surface area contributed by atoms with Crippen LogP contribution in [0.2, 0.25) is 5.28 Å². The van der Waals surface area contributed by atoms with E-state index in [2.05, 4.69) is 18.8 Å². The van der Waals surface area contributed by atoms with Gasteiger partial charge in [-0.15, -0.1) is 0 Å². The van der Waals surface area contributed by atoms with Gasteiger partial charge in [-0.25, -0.2) is 4.98 Å². The summed E-state index contributed by atoms with van der Waals surface area (Å²) in [5, 5.41) is 0.370. The third kappa shape index (κ3) is 4.69. The molecule has 18 heavy (non-hydrogen) atoms. The number of nitrogens with zero attached hydrogens (tertiary/aromatic N) is 3. The Morgan fingerprint density at radius 3 is 2.39 bits per heavy atom. The number of hydrogen-bond acceptors (Lipinski definition) is 2. The van der Waals surface area contributed by atoms with Gasteiger partial charge < -0.3 is 9.47 Å². The van der Waals surface area contributed by atoms with E-state index in [9.17, 15) is 4.79 Å². The number of carbonyl (C=O) groups is 1. The van der Waals surface area contributed by atoms with Crippen molar-refractivity contribution in [2.24, 2.45) is 0 Å². The fourth-order valence-corrected chi connectivity index (χ4v) is 1.91. The van der Waals surface area contributed by atoms with Crippen LogP contribution in [0.1, 0.15) is 39.5 Å². The topological polar surface area (TPSA) is 38.1 Å². The Morgan fingerprint density at radius 1 is 1.33 bits per heavy atom. The lowest BCUT2D eigenvalue weighted by atomic mass is 10.2. The maximum atomic E-state index is 12.2. The molecule has 0 saturated heterocycles. The van der Waals surface area contributed by atoms with E-state index in [1.54, 1.807) is 17.0 Å². The zero-order chi connectivity index (χ0) is 13.4. The van der Waals surface area contributed by atoms with Crippen molar-refractivity contribution in [2.45, 2.75) is 46.1 Å². The highest BCUT2D eigenvalue weighted by molar-refractivity contribution is 6.28. The molecule has 0 spiro atoms. The molecule has 1 aromatic rings. The second-order valence-electron chi connectivity index (χ2n) is 4.41. The monoisotopic (exact) mass is 271 g/mol. The summed E-state index contributed by atoms with van der Waals surface area (Å²) in [6.07, 6.45) is 7.64. The maximum absolute atomic E-state index is 12.2. The first-order valence-electron chi connectivity index (χ1n) is 6.63. The molecule has 0 radical (unpaired) electrons. The Morgan fingerprint density at radius 2 is 1.94 bits per heavy atom. The minimum absolute atomic E-state index is 0.122. The zero-order valence-corrected chi connectivity index (χ0v) is 12.0. The van der Waals surface area contributed by atoms with Gasteiger partial charge in [0.1, 0.15) is 6.54 Å². The van der Waals surface area contributed by atoms with Crippen molar-refractivity contribution >= 4 is 17.5 Å². The molecule has 0 aliphatic heterocycles. The smallest absolute Gasteiger partial charge is 0.242 e. The fraction of sp³-hybridized carbons (Fsp3) is 0.692. The largest absolute Gasteiger partial charge is 0.341 e. The molecular formula is C13H22ClN3O. The first-order valence-corrected chi connectivity index (χ1v) is 7.01. The predicted molar refractivity (Wildman–Crippen MR) is 73.6 cm³/mol. The molecule has 1 rings (SSSR count). The highest BCUT2D eigenvalue weighted by Crippen LogP contribution is 2.07. The van der Waals surface area contributed by atoms with Crippen molar-refractivity contribution in [1.82, 2.24) is 14.5 Å². The van der Waals surface area contributed by atoms with E-state index in [1.807, 2.05) is 4.90 Å². The van der Waals surface area contributed by atoms with Gasteiger partial charge in [0, 0.05) is 25.5 Å². The summed E-state index contributed by atoms with van der Waals surface area (Å²) in [6, 6.07) is 0. The van der Waals surface area contributed by atoms with E-state index >= 15 is 0 Å². The number of hydrogen-bond donors (Lipinski definition) is 0. The van der Waals surface area contributed by atoms with E-state index in [1.165, 1.54) is 0 Å². The number of unbranched alkanes of at least 4 members (excludes halogenated alkanes) is 2. The van der Waals surface area contributed by atoms with Gasteiger partial charge in [-0.05, 0) is 24.4 Å². The van der Waals surface area contributed by atoms with Crippen LogP contribution in [0.3, 0.4) is 0 Å². The average molecular weight is 272 g/mol. The lowest BCUT2D eigenvalue weighted by molar-refractivity contribution is -0.132. The molecule has 1 heterocycles. The minimum Gasteiger partial charge on any atom is -0.341 e. The van der Waals surface area contributed by atoms with E-state index in [0.717, 1.165) is 38.8 Å². The van der Waals surface area contributed by atoms with Crippen molar-refractivity contribution in [1.29, 1.82) is 0 Å². The van der Waals surface area contributed by atoms with Crippen LogP contribution >= 0.6 is 11.6 Å². The average Bonchev–Trinajstić information content (AvgIpc) is 2.75. The second-order valence-corrected chi connectivity index (χ2v) is 4.75. The third-order valence-electron chi connectivity index (χ3n) is 2.89. The Hall–Kier alpha value is -1.03. The zero-order valence-electron chi connectivity index (χ0n) is 11.2. The van der Waals surface area contributed by atoms with Crippen molar-refractivity contribution in [2.75, 3.05) is 13.1 Å². The quantitative estimate of drug-likeness (QED) is 0.729. The molecule has 0 saturated carbocycles. The molecule has 0 unspecified atom stereocenters. The summed E-state index contributed by atoms with van der Waals surface area (Å²) in [6.45, 7) is 6.22. The molecule has 5 heteroatoms. The molecule has 0 aromatic carbocycles. The first kappa shape index (κ1) is 15.0. The van der Waals surface area contributed by atoms with Crippen LogP contribution in [0, 0.1) is 0 Å². The van der Waals surface area contributed by atoms with Gasteiger partial charge in [-0.3, -0.25) is 4.79 Å². The Kier molecular flexibility index (Phi) is 6.80. The summed E-state index contributed by atoms with van der Waals surface area (Å²) >= 11 is 5.88. The van der Waals surface area contributed by atoms with Crippen LogP contribution in [0.25, 0.3) is 0 Å². The number of imidazole rings is 1. The van der Waals surface area contributed by atoms with Gasteiger partial charge >= 0.3 is 0 Å². The van der Waals surface area contributed by atoms with Crippen LogP contribution in [-0.2, 0) is 11.3 Å². The molecular weight excluding hydrogens is 250 g/mol. The van der Waals surface area contributed by atoms with Gasteiger partial charge in [0.2, 0.25) is 11.2 Å². The Balaban J connectivity index is 2.55. The molecule has 0 atom stereocenters. The van der Waals surface area contributed by atoms with Crippen LogP contribution < -0.4 is 0 Å². The second kappa shape index (κ2) is 8.14. The van der Waals surface area contributed by atoms with E-state index < -0.39 is 0 Å². The lowest BCUT2D eigenvalue weighted by Gasteiger charge is -2.22. The van der Waals surface area contributed by atoms with Crippen molar-refractivity contribution in [3.05, 3.63) is 17.7 Å². The number of halogens is 1. The molecule has 0 fully saturated rings. The molecule has 0 bridgehead atoms. The highest BCUT2D eigenvalue weighted by atomic mass is 35.5. The van der Waals surface area contributed by atoms with Crippen molar-refractivity contribution < 1.29 is 4.79 Å². The number of amides is 1. The SMILES string of the molecule is CCCCN(CCCC)C(=O)Cn1ccnc1Cl. The molecule has 1 aromatic heterocycles. The van der Waals surface area contributed by atoms with Crippen LogP contribution in [-0.4, -0.2) is 33.4 Å². The molecule has 4 nitrogen and oxygen atoms in total. The van der Waals surface area contributed by atoms with Crippen LogP contribution in [0.5, 0.6) is 0 Å². The summed E-state index contributed by atoms with van der Waals surface area (Å²) < 4.78 is 1.68. The Bertz CT molecular complexity index is 357. The van der Waals surface area contributed by atoms with E-state index in [-0.39, 0.29) is 12.5 Å². The standard InChI is InChI=1S/C13H22ClN3O/c1-3-5-8-16(9-6-4-2)12(18)11-17-10-7-15-13(17)14/h7,10H,3-6,8-9,11H2,1-2H3. The van der Waals surface area contributed by atoms with Crippen LogP contribution in [0.4, 0.5) is 0 Å². The summed E-state index contributed by atoms with van der Waals surface area (Å²) in [7, 11) is 0. The predicted octanol–water partition coefficient (Wildman–Crippen LogP) is 2.97. The minimum atomic E-state index is 0.122. The number of aromatic nitrogens is 2. The fourth-order valence-electron chi connectivity index (χ4n) is 1.73. The van der Waals surface area contributed by atoms with Crippen molar-refractivity contribution in [3.63, 3.8) is 0 Å². The summed E-state index contributed by atoms with van der Waals surface area (Å²) in [5.74, 6) is 0.122. The first-order chi connectivity index (χ1) is 8.69. The third-order valence-corrected chi connectivity index (χ3v) is 3.20. The van der Waals surface area contributed by atoms with Gasteiger partial charge in [-0.1, -0.05) is 26.7 Å². The number of rotatable bonds is 8. The summed E-state index contributed by atoms with van der Waals surface area (Å²) in [4.78, 5) is 18.0. The molecule has 102 valence electrons. The molecule has 0 aliphatic rings. The molecule has 0 aliphatic carbocycles. The number of carbonyl (C=O) groups excluding carboxylic acids is 1. The van der Waals surface area contributed by atoms with E-state index in [0.29, 0.717) is 5.28 Å². The maximum Gasteiger partial charge on any atom is 0.242 e. The molecule has 1 amide bonds. The van der Waals surface area contributed by atoms with E-state index in [4.69, 9.17) is 11.6 Å². The van der Waals surface area contributed by atoms with Crippen LogP contribution in [0.15, 0.2) is 12.4 Å². The molecule has 0 N–H and O–H groups in total. The lowest BCUT2D eigenvalue weighted by Crippen LogP contribution is -2.35. The van der Waals surface area contributed by atoms with Gasteiger partial charge in [0.05, 0.1) is 0 Å².